The van der Waals surface area contributed by atoms with Crippen molar-refractivity contribution in [3.63, 3.8) is 0 Å². The van der Waals surface area contributed by atoms with Gasteiger partial charge in [-0.3, -0.25) is 0 Å². The molecule has 7 heteroatoms. The van der Waals surface area contributed by atoms with Gasteiger partial charge in [-0.05, 0) is 40.2 Å². The van der Waals surface area contributed by atoms with Crippen LogP contribution in [0.15, 0.2) is 121 Å². The third-order valence-electron chi connectivity index (χ3n) is 7.48. The van der Waals surface area contributed by atoms with Crippen molar-refractivity contribution in [2.45, 2.75) is 61.8 Å². The van der Waals surface area contributed by atoms with E-state index in [1.54, 1.807) is 0 Å². The average molecular weight is 631 g/mol. The Morgan fingerprint density at radius 1 is 0.523 bits per heavy atom. The molecule has 1 heterocycles. The van der Waals surface area contributed by atoms with Gasteiger partial charge in [-0.2, -0.15) is 0 Å². The summed E-state index contributed by atoms with van der Waals surface area (Å²) in [5.74, 6) is 2.13. The van der Waals surface area contributed by atoms with Crippen LogP contribution in [0.3, 0.4) is 0 Å². The van der Waals surface area contributed by atoms with Crippen LogP contribution in [0.5, 0.6) is 0 Å². The van der Waals surface area contributed by atoms with E-state index in [1.807, 2.05) is 121 Å². The molecule has 5 nitrogen and oxygen atoms in total. The Balaban J connectivity index is 1.47. The Morgan fingerprint density at radius 3 is 1.34 bits per heavy atom. The molecule has 0 saturated carbocycles. The van der Waals surface area contributed by atoms with Crippen molar-refractivity contribution in [2.75, 3.05) is 18.1 Å². The monoisotopic (exact) mass is 630 g/mol. The van der Waals surface area contributed by atoms with Crippen molar-refractivity contribution < 1.29 is 24.1 Å². The van der Waals surface area contributed by atoms with Crippen molar-refractivity contribution in [1.29, 1.82) is 0 Å². The van der Waals surface area contributed by atoms with Crippen LogP contribution in [0, 0.1) is 0 Å². The molecule has 1 aliphatic rings. The highest BCUT2D eigenvalue weighted by Crippen LogP contribution is 2.38. The molecule has 0 unspecified atom stereocenters. The minimum Gasteiger partial charge on any atom is -0.394 e. The highest BCUT2D eigenvalue weighted by atomic mass is 32.2. The molecule has 0 spiro atoms. The van der Waals surface area contributed by atoms with E-state index in [-0.39, 0.29) is 17.3 Å². The van der Waals surface area contributed by atoms with Gasteiger partial charge in [-0.15, -0.1) is 23.5 Å². The summed E-state index contributed by atoms with van der Waals surface area (Å²) in [6.45, 7) is 1.34. The van der Waals surface area contributed by atoms with Crippen molar-refractivity contribution in [2.24, 2.45) is 0 Å². The lowest BCUT2D eigenvalue weighted by atomic mass is 10.0. The molecule has 0 amide bonds. The second-order valence-corrected chi connectivity index (χ2v) is 13.6. The van der Waals surface area contributed by atoms with Crippen LogP contribution in [0.4, 0.5) is 0 Å². The summed E-state index contributed by atoms with van der Waals surface area (Å²) >= 11 is 3.83. The van der Waals surface area contributed by atoms with Gasteiger partial charge < -0.3 is 24.1 Å². The maximum Gasteiger partial charge on any atom is 0.115 e. The first-order valence-electron chi connectivity index (χ1n) is 15.3. The molecule has 44 heavy (non-hydrogen) atoms. The van der Waals surface area contributed by atoms with Gasteiger partial charge in [0.15, 0.2) is 0 Å². The molecule has 0 aliphatic carbocycles. The lowest BCUT2D eigenvalue weighted by Crippen LogP contribution is -2.53. The van der Waals surface area contributed by atoms with Crippen molar-refractivity contribution >= 4 is 23.5 Å². The number of benzene rings is 4. The largest absolute Gasteiger partial charge is 0.394 e. The van der Waals surface area contributed by atoms with Crippen molar-refractivity contribution in [3.8, 4) is 0 Å². The molecule has 0 radical (unpaired) electrons. The molecule has 1 fully saturated rings. The quantitative estimate of drug-likeness (QED) is 0.130. The van der Waals surface area contributed by atoms with Gasteiger partial charge in [-0.25, -0.2) is 0 Å². The first-order valence-corrected chi connectivity index (χ1v) is 17.4. The van der Waals surface area contributed by atoms with E-state index in [0.717, 1.165) is 33.8 Å². The number of rotatable bonds is 17. The zero-order chi connectivity index (χ0) is 30.2. The van der Waals surface area contributed by atoms with Crippen molar-refractivity contribution in [1.82, 2.24) is 0 Å². The van der Waals surface area contributed by atoms with E-state index in [9.17, 15) is 5.11 Å². The second-order valence-electron chi connectivity index (χ2n) is 10.8. The van der Waals surface area contributed by atoms with Gasteiger partial charge in [-0.1, -0.05) is 121 Å². The summed E-state index contributed by atoms with van der Waals surface area (Å²) in [6, 6.07) is 40.6. The van der Waals surface area contributed by atoms with Gasteiger partial charge in [0.1, 0.15) is 24.4 Å². The molecule has 1 N–H and O–H groups in total. The average Bonchev–Trinajstić information content (AvgIpc) is 3.10. The van der Waals surface area contributed by atoms with Crippen LogP contribution in [0.1, 0.15) is 28.7 Å². The van der Waals surface area contributed by atoms with E-state index in [4.69, 9.17) is 18.9 Å². The van der Waals surface area contributed by atoms with Crippen LogP contribution in [0.25, 0.3) is 0 Å². The number of aliphatic hydroxyl groups is 1. The molecule has 0 aromatic heterocycles. The molecule has 4 aromatic rings. The molecular weight excluding hydrogens is 589 g/mol. The molecule has 4 atom stereocenters. The standard InChI is InChI=1S/C37H42O5S2/c38-24-33(39-25-29-14-5-1-6-15-29)34(40-26-30-16-7-2-8-17-30)35(41-27-31-18-9-3-10-19-31)36(37-43-22-13-23-44-37)42-28-32-20-11-4-12-21-32/h1-12,14-21,33-38H,13,22-28H2/t33-,34+,35+,36+/m0/s1. The Kier molecular flexibility index (Phi) is 13.7. The fourth-order valence-electron chi connectivity index (χ4n) is 5.14. The fraction of sp³-hybridized carbons (Fsp3) is 0.351. The molecule has 5 rings (SSSR count). The third-order valence-corrected chi connectivity index (χ3v) is 10.5. The zero-order valence-corrected chi connectivity index (χ0v) is 26.6. The highest BCUT2D eigenvalue weighted by molar-refractivity contribution is 8.17. The summed E-state index contributed by atoms with van der Waals surface area (Å²) in [4.78, 5) is 0. The normalized spacial score (nSPS) is 16.7. The second kappa shape index (κ2) is 18.4. The lowest BCUT2D eigenvalue weighted by molar-refractivity contribution is -0.193. The molecule has 1 saturated heterocycles. The van der Waals surface area contributed by atoms with E-state index >= 15 is 0 Å². The maximum atomic E-state index is 10.8. The summed E-state index contributed by atoms with van der Waals surface area (Å²) < 4.78 is 27.0. The SMILES string of the molecule is OC[C@H](OCc1ccccc1)[C@@H](OCc1ccccc1)[C@@H](OCc1ccccc1)[C@@H](OCc1ccccc1)C1SCCCS1. The summed E-state index contributed by atoms with van der Waals surface area (Å²) in [7, 11) is 0. The number of hydrogen-bond acceptors (Lipinski definition) is 7. The fourth-order valence-corrected chi connectivity index (χ4v) is 8.22. The van der Waals surface area contributed by atoms with Gasteiger partial charge in [0.2, 0.25) is 0 Å². The third kappa shape index (κ3) is 10.2. The van der Waals surface area contributed by atoms with Gasteiger partial charge >= 0.3 is 0 Å². The van der Waals surface area contributed by atoms with Crippen LogP contribution >= 0.6 is 23.5 Å². The topological polar surface area (TPSA) is 57.2 Å². The minimum absolute atomic E-state index is 0.143. The molecule has 0 bridgehead atoms. The number of thioether (sulfide) groups is 2. The molecular formula is C37H42O5S2. The Hall–Kier alpha value is -2.62. The molecule has 1 aliphatic heterocycles. The Morgan fingerprint density at radius 2 is 0.909 bits per heavy atom. The van der Waals surface area contributed by atoms with Crippen LogP contribution < -0.4 is 0 Å². The molecule has 232 valence electrons. The first-order chi connectivity index (χ1) is 21.8. The van der Waals surface area contributed by atoms with E-state index < -0.39 is 18.3 Å². The lowest BCUT2D eigenvalue weighted by Gasteiger charge is -2.40. The number of ether oxygens (including phenoxy) is 4. The van der Waals surface area contributed by atoms with E-state index in [0.29, 0.717) is 26.4 Å². The van der Waals surface area contributed by atoms with Gasteiger partial charge in [0.05, 0.1) is 37.6 Å². The predicted octanol–water partition coefficient (Wildman–Crippen LogP) is 7.52. The van der Waals surface area contributed by atoms with E-state index in [2.05, 4.69) is 24.3 Å². The molecule has 4 aromatic carbocycles. The van der Waals surface area contributed by atoms with Crippen LogP contribution in [0.2, 0.25) is 0 Å². The minimum atomic E-state index is -0.638. The maximum absolute atomic E-state index is 10.8. The van der Waals surface area contributed by atoms with Gasteiger partial charge in [0.25, 0.3) is 0 Å². The number of hydrogen-bond donors (Lipinski definition) is 1. The highest BCUT2D eigenvalue weighted by Gasteiger charge is 2.42. The predicted molar refractivity (Wildman–Crippen MR) is 180 cm³/mol. The zero-order valence-electron chi connectivity index (χ0n) is 25.0. The number of aliphatic hydroxyl groups excluding tert-OH is 1. The Labute approximate surface area is 270 Å². The smallest absolute Gasteiger partial charge is 0.115 e. The van der Waals surface area contributed by atoms with Gasteiger partial charge in [0, 0.05) is 0 Å². The summed E-state index contributed by atoms with van der Waals surface area (Å²) in [5, 5.41) is 10.8. The summed E-state index contributed by atoms with van der Waals surface area (Å²) in [6.07, 6.45) is -0.902. The van der Waals surface area contributed by atoms with E-state index in [1.165, 1.54) is 6.42 Å². The van der Waals surface area contributed by atoms with Crippen LogP contribution in [-0.4, -0.2) is 52.2 Å². The first kappa shape index (κ1) is 32.8. The van der Waals surface area contributed by atoms with Crippen molar-refractivity contribution in [3.05, 3.63) is 144 Å². The summed E-state index contributed by atoms with van der Waals surface area (Å²) in [5.41, 5.74) is 4.24. The Bertz CT molecular complexity index is 1310. The van der Waals surface area contributed by atoms with Crippen LogP contribution in [-0.2, 0) is 45.4 Å².